The van der Waals surface area contributed by atoms with Crippen molar-refractivity contribution in [2.75, 3.05) is 39.6 Å². The molecule has 0 amide bonds. The molecule has 6 heteroatoms. The maximum Gasteiger partial charge on any atom is 0.303 e. The van der Waals surface area contributed by atoms with Crippen molar-refractivity contribution in [2.45, 2.75) is 97.5 Å². The third-order valence-electron chi connectivity index (χ3n) is 11.4. The van der Waals surface area contributed by atoms with Gasteiger partial charge >= 0.3 is 5.97 Å². The van der Waals surface area contributed by atoms with E-state index in [0.29, 0.717) is 68.2 Å². The van der Waals surface area contributed by atoms with Crippen LogP contribution in [0.5, 0.6) is 0 Å². The number of hydrogen-bond acceptors (Lipinski definition) is 5. The number of aliphatic carboxylic acids is 1. The van der Waals surface area contributed by atoms with Crippen LogP contribution in [0.3, 0.4) is 0 Å². The van der Waals surface area contributed by atoms with Gasteiger partial charge in [-0.05, 0) is 111 Å². The van der Waals surface area contributed by atoms with Gasteiger partial charge in [0.1, 0.15) is 0 Å². The molecule has 4 saturated carbocycles. The highest BCUT2D eigenvalue weighted by molar-refractivity contribution is 5.66. The van der Waals surface area contributed by atoms with Crippen LogP contribution in [0, 0.1) is 46.3 Å². The van der Waals surface area contributed by atoms with E-state index in [1.807, 2.05) is 0 Å². The molecule has 0 aromatic rings. The van der Waals surface area contributed by atoms with E-state index in [1.54, 1.807) is 0 Å². The largest absolute Gasteiger partial charge is 0.481 e. The average molecular weight is 509 g/mol. The van der Waals surface area contributed by atoms with Crippen LogP contribution in [0.1, 0.15) is 91.4 Å². The molecule has 4 aliphatic rings. The highest BCUT2D eigenvalue weighted by atomic mass is 16.5. The highest BCUT2D eigenvalue weighted by Crippen LogP contribution is 2.68. The molecule has 0 aromatic heterocycles. The molecule has 4 aliphatic carbocycles. The minimum absolute atomic E-state index is 0.0563. The molecule has 2 N–H and O–H groups in total. The summed E-state index contributed by atoms with van der Waals surface area (Å²) in [6, 6.07) is 0. The van der Waals surface area contributed by atoms with Crippen molar-refractivity contribution < 1.29 is 29.2 Å². The fourth-order valence-electron chi connectivity index (χ4n) is 9.56. The molecule has 0 aliphatic heterocycles. The Morgan fingerprint density at radius 2 is 1.58 bits per heavy atom. The molecule has 36 heavy (non-hydrogen) atoms. The fourth-order valence-corrected chi connectivity index (χ4v) is 9.56. The van der Waals surface area contributed by atoms with Gasteiger partial charge in [0.15, 0.2) is 0 Å². The standard InChI is InChI=1S/C30H52O6/c1-21(4-9-28(32)33)25-7-8-26-24-6-5-22-20-23(36-19-18-35-17-16-34-15-14-31)10-12-29(22,2)27(24)11-13-30(25,26)3/h21-27,31H,4-20H2,1-3H3,(H,32,33)/t21-,22-,23+,24+,25-,26+,27+,29+,30-/m1/s1. The molecule has 208 valence electrons. The van der Waals surface area contributed by atoms with Crippen molar-refractivity contribution in [3.63, 3.8) is 0 Å². The number of fused-ring (bicyclic) bond motifs is 5. The summed E-state index contributed by atoms with van der Waals surface area (Å²) in [6.07, 6.45) is 13.3. The number of carboxylic acids is 1. The molecular weight excluding hydrogens is 456 g/mol. The lowest BCUT2D eigenvalue weighted by atomic mass is 9.44. The zero-order chi connectivity index (χ0) is 25.8. The second kappa shape index (κ2) is 12.4. The molecule has 0 unspecified atom stereocenters. The Balaban J connectivity index is 1.27. The van der Waals surface area contributed by atoms with Gasteiger partial charge < -0.3 is 24.4 Å². The monoisotopic (exact) mass is 508 g/mol. The predicted octanol–water partition coefficient (Wildman–Crippen LogP) is 5.56. The molecule has 0 spiro atoms. The smallest absolute Gasteiger partial charge is 0.303 e. The fraction of sp³-hybridized carbons (Fsp3) is 0.967. The summed E-state index contributed by atoms with van der Waals surface area (Å²) in [7, 11) is 0. The summed E-state index contributed by atoms with van der Waals surface area (Å²) in [4.78, 5) is 11.2. The molecule has 0 aromatic carbocycles. The highest BCUT2D eigenvalue weighted by Gasteiger charge is 2.60. The third kappa shape index (κ3) is 5.97. The summed E-state index contributed by atoms with van der Waals surface area (Å²) in [6.45, 7) is 10.3. The second-order valence-electron chi connectivity index (χ2n) is 13.0. The lowest BCUT2D eigenvalue weighted by molar-refractivity contribution is -0.140. The van der Waals surface area contributed by atoms with Gasteiger partial charge in [-0.2, -0.15) is 0 Å². The summed E-state index contributed by atoms with van der Waals surface area (Å²) in [5.41, 5.74) is 0.864. The Hall–Kier alpha value is -0.690. The zero-order valence-electron chi connectivity index (χ0n) is 23.1. The Morgan fingerprint density at radius 1 is 0.889 bits per heavy atom. The predicted molar refractivity (Wildman–Crippen MR) is 140 cm³/mol. The van der Waals surface area contributed by atoms with Gasteiger partial charge in [-0.25, -0.2) is 0 Å². The van der Waals surface area contributed by atoms with Crippen molar-refractivity contribution in [3.8, 4) is 0 Å². The quantitative estimate of drug-likeness (QED) is 0.317. The van der Waals surface area contributed by atoms with Crippen LogP contribution in [0.15, 0.2) is 0 Å². The van der Waals surface area contributed by atoms with Crippen LogP contribution in [0.4, 0.5) is 0 Å². The van der Waals surface area contributed by atoms with Crippen molar-refractivity contribution in [1.29, 1.82) is 0 Å². The topological polar surface area (TPSA) is 85.2 Å². The summed E-state index contributed by atoms with van der Waals surface area (Å²) in [5.74, 6) is 3.89. The number of aliphatic hydroxyl groups excluding tert-OH is 1. The molecule has 0 saturated heterocycles. The first-order valence-electron chi connectivity index (χ1n) is 14.9. The maximum atomic E-state index is 11.2. The van der Waals surface area contributed by atoms with E-state index < -0.39 is 5.97 Å². The van der Waals surface area contributed by atoms with E-state index in [4.69, 9.17) is 19.3 Å². The van der Waals surface area contributed by atoms with E-state index in [0.717, 1.165) is 30.1 Å². The molecule has 6 nitrogen and oxygen atoms in total. The number of rotatable bonds is 13. The first-order valence-corrected chi connectivity index (χ1v) is 14.9. The lowest BCUT2D eigenvalue weighted by Crippen LogP contribution is -2.54. The van der Waals surface area contributed by atoms with Crippen molar-refractivity contribution in [3.05, 3.63) is 0 Å². The van der Waals surface area contributed by atoms with E-state index >= 15 is 0 Å². The SMILES string of the molecule is C[C@H](CCC(=O)O)[C@H]1CC[C@H]2[C@@H]3CC[C@@H]4C[C@@H](OCCOCCOCCO)CC[C@]4(C)[C@H]3CC[C@]12C. The second-order valence-corrected chi connectivity index (χ2v) is 13.0. The first kappa shape index (κ1) is 28.3. The van der Waals surface area contributed by atoms with Gasteiger partial charge in [0, 0.05) is 6.42 Å². The van der Waals surface area contributed by atoms with Gasteiger partial charge in [-0.1, -0.05) is 20.8 Å². The van der Waals surface area contributed by atoms with Crippen LogP contribution in [-0.4, -0.2) is 61.9 Å². The average Bonchev–Trinajstić information content (AvgIpc) is 3.21. The van der Waals surface area contributed by atoms with Crippen LogP contribution in [0.2, 0.25) is 0 Å². The number of ether oxygens (including phenoxy) is 3. The molecule has 4 fully saturated rings. The van der Waals surface area contributed by atoms with Crippen LogP contribution < -0.4 is 0 Å². The molecule has 0 bridgehead atoms. The minimum Gasteiger partial charge on any atom is -0.481 e. The molecule has 9 atom stereocenters. The van der Waals surface area contributed by atoms with Crippen LogP contribution in [0.25, 0.3) is 0 Å². The summed E-state index contributed by atoms with van der Waals surface area (Å²) >= 11 is 0. The molecular formula is C30H52O6. The Morgan fingerprint density at radius 3 is 2.33 bits per heavy atom. The summed E-state index contributed by atoms with van der Waals surface area (Å²) in [5, 5.41) is 17.9. The molecule has 4 rings (SSSR count). The van der Waals surface area contributed by atoms with Gasteiger partial charge in [-0.3, -0.25) is 4.79 Å². The van der Waals surface area contributed by atoms with E-state index in [2.05, 4.69) is 20.8 Å². The Bertz CT molecular complexity index is 714. The van der Waals surface area contributed by atoms with Crippen molar-refractivity contribution in [2.24, 2.45) is 46.3 Å². The van der Waals surface area contributed by atoms with Gasteiger partial charge in [-0.15, -0.1) is 0 Å². The van der Waals surface area contributed by atoms with Gasteiger partial charge in [0.25, 0.3) is 0 Å². The van der Waals surface area contributed by atoms with E-state index in [9.17, 15) is 9.90 Å². The Kier molecular flexibility index (Phi) is 9.79. The number of carboxylic acid groups (broad SMARTS) is 1. The zero-order valence-corrected chi connectivity index (χ0v) is 23.1. The Labute approximate surface area is 218 Å². The van der Waals surface area contributed by atoms with Gasteiger partial charge in [0.05, 0.1) is 45.7 Å². The van der Waals surface area contributed by atoms with Crippen LogP contribution >= 0.6 is 0 Å². The van der Waals surface area contributed by atoms with Crippen molar-refractivity contribution in [1.82, 2.24) is 0 Å². The number of aliphatic hydroxyl groups is 1. The van der Waals surface area contributed by atoms with Crippen LogP contribution in [-0.2, 0) is 19.0 Å². The number of carbonyl (C=O) groups is 1. The molecule has 0 radical (unpaired) electrons. The van der Waals surface area contributed by atoms with Crippen molar-refractivity contribution >= 4 is 5.97 Å². The minimum atomic E-state index is -0.646. The third-order valence-corrected chi connectivity index (χ3v) is 11.4. The number of hydrogen-bond donors (Lipinski definition) is 2. The van der Waals surface area contributed by atoms with Gasteiger partial charge in [0.2, 0.25) is 0 Å². The molecule has 0 heterocycles. The first-order chi connectivity index (χ1) is 17.3. The van der Waals surface area contributed by atoms with E-state index in [-0.39, 0.29) is 6.61 Å². The lowest BCUT2D eigenvalue weighted by Gasteiger charge is -2.61. The normalized spacial score (nSPS) is 40.8. The van der Waals surface area contributed by atoms with E-state index in [1.165, 1.54) is 57.8 Å². The summed E-state index contributed by atoms with van der Waals surface area (Å²) < 4.78 is 17.1. The maximum absolute atomic E-state index is 11.2.